The van der Waals surface area contributed by atoms with E-state index in [-0.39, 0.29) is 0 Å². The minimum atomic E-state index is 0.503. The molecular weight excluding hydrogens is 190 g/mol. The smallest absolute Gasteiger partial charge is 0.150 e. The van der Waals surface area contributed by atoms with Gasteiger partial charge < -0.3 is 4.74 Å². The first kappa shape index (κ1) is 11.2. The highest BCUT2D eigenvalue weighted by Gasteiger charge is 2.06. The number of aldehydes is 1. The van der Waals surface area contributed by atoms with E-state index in [9.17, 15) is 4.79 Å². The fourth-order valence-electron chi connectivity index (χ4n) is 1.24. The highest BCUT2D eigenvalue weighted by atomic mass is 16.5. The van der Waals surface area contributed by atoms with E-state index in [1.807, 2.05) is 6.92 Å². The maximum absolute atomic E-state index is 10.6. The lowest BCUT2D eigenvalue weighted by atomic mass is 10.1. The second kappa shape index (κ2) is 5.10. The zero-order valence-corrected chi connectivity index (χ0v) is 8.69. The van der Waals surface area contributed by atoms with Gasteiger partial charge in [-0.1, -0.05) is 6.58 Å². The number of benzene rings is 1. The average Bonchev–Trinajstić information content (AvgIpc) is 2.28. The number of rotatable bonds is 5. The van der Waals surface area contributed by atoms with Gasteiger partial charge in [-0.05, 0) is 31.8 Å². The molecule has 0 spiro atoms. The molecule has 0 saturated heterocycles. The Balaban J connectivity index is 3.16. The van der Waals surface area contributed by atoms with Crippen molar-refractivity contribution in [2.75, 3.05) is 6.61 Å². The van der Waals surface area contributed by atoms with Crippen molar-refractivity contribution in [3.8, 4) is 0 Å². The maximum atomic E-state index is 10.6. The second-order valence-electron chi connectivity index (χ2n) is 2.91. The van der Waals surface area contributed by atoms with Gasteiger partial charge in [-0.25, -0.2) is 0 Å². The van der Waals surface area contributed by atoms with Crippen LogP contribution >= 0.6 is 0 Å². The summed E-state index contributed by atoms with van der Waals surface area (Å²) in [5.74, 6) is 0.503. The highest BCUT2D eigenvalue weighted by molar-refractivity contribution is 5.81. The molecule has 0 aromatic heterocycles. The van der Waals surface area contributed by atoms with Gasteiger partial charge in [0.05, 0.1) is 12.3 Å². The Morgan fingerprint density at radius 1 is 1.60 bits per heavy atom. The molecule has 0 amide bonds. The van der Waals surface area contributed by atoms with Gasteiger partial charge in [0.25, 0.3) is 0 Å². The fraction of sp³-hybridized carbons (Fsp3) is 0.167. The van der Waals surface area contributed by atoms with Crippen molar-refractivity contribution in [2.24, 2.45) is 4.99 Å². The number of ether oxygens (including phenoxy) is 1. The minimum absolute atomic E-state index is 0.503. The summed E-state index contributed by atoms with van der Waals surface area (Å²) in [6.07, 6.45) is 0.773. The summed E-state index contributed by atoms with van der Waals surface area (Å²) in [4.78, 5) is 14.5. The van der Waals surface area contributed by atoms with Crippen LogP contribution in [0.25, 0.3) is 5.76 Å². The number of aliphatic imine (C=N–C) groups is 1. The normalized spacial score (nSPS) is 9.40. The van der Waals surface area contributed by atoms with E-state index in [1.165, 1.54) is 0 Å². The van der Waals surface area contributed by atoms with Crippen LogP contribution in [-0.4, -0.2) is 19.6 Å². The van der Waals surface area contributed by atoms with E-state index in [1.54, 1.807) is 18.2 Å². The Morgan fingerprint density at radius 3 is 2.87 bits per heavy atom. The minimum Gasteiger partial charge on any atom is -0.494 e. The molecule has 0 aliphatic rings. The van der Waals surface area contributed by atoms with Crippen LogP contribution in [0.2, 0.25) is 0 Å². The summed E-state index contributed by atoms with van der Waals surface area (Å²) in [7, 11) is 0. The molecule has 1 aromatic carbocycles. The van der Waals surface area contributed by atoms with E-state index in [4.69, 9.17) is 4.74 Å². The molecule has 0 atom stereocenters. The van der Waals surface area contributed by atoms with Gasteiger partial charge in [0.2, 0.25) is 0 Å². The number of carbonyl (C=O) groups excluding carboxylic acids is 1. The van der Waals surface area contributed by atoms with E-state index >= 15 is 0 Å². The summed E-state index contributed by atoms with van der Waals surface area (Å²) < 4.78 is 5.27. The van der Waals surface area contributed by atoms with Crippen molar-refractivity contribution in [1.29, 1.82) is 0 Å². The molecule has 3 heteroatoms. The third-order valence-electron chi connectivity index (χ3n) is 1.95. The number of hydrogen-bond donors (Lipinski definition) is 0. The first-order valence-electron chi connectivity index (χ1n) is 4.61. The first-order valence-corrected chi connectivity index (χ1v) is 4.61. The topological polar surface area (TPSA) is 38.7 Å². The standard InChI is InChI=1S/C12H13NO2/c1-4-15-9(2)11-7-10(8-14)5-6-12(11)13-3/h5-8H,2-4H2,1H3. The summed E-state index contributed by atoms with van der Waals surface area (Å²) in [5.41, 5.74) is 1.94. The molecule has 1 aromatic rings. The van der Waals surface area contributed by atoms with Crippen molar-refractivity contribution >= 4 is 24.5 Å². The van der Waals surface area contributed by atoms with Crippen LogP contribution in [0.3, 0.4) is 0 Å². The van der Waals surface area contributed by atoms with Crippen molar-refractivity contribution in [3.63, 3.8) is 0 Å². The van der Waals surface area contributed by atoms with Gasteiger partial charge >= 0.3 is 0 Å². The Morgan fingerprint density at radius 2 is 2.33 bits per heavy atom. The number of hydrogen-bond acceptors (Lipinski definition) is 3. The predicted molar refractivity (Wildman–Crippen MR) is 61.7 cm³/mol. The lowest BCUT2D eigenvalue weighted by Gasteiger charge is -2.09. The summed E-state index contributed by atoms with van der Waals surface area (Å²) in [6.45, 7) is 9.63. The Hall–Kier alpha value is -1.90. The van der Waals surface area contributed by atoms with Crippen LogP contribution in [0, 0.1) is 0 Å². The molecule has 78 valence electrons. The van der Waals surface area contributed by atoms with Gasteiger partial charge in [-0.3, -0.25) is 9.79 Å². The molecule has 0 radical (unpaired) electrons. The largest absolute Gasteiger partial charge is 0.494 e. The molecule has 3 nitrogen and oxygen atoms in total. The van der Waals surface area contributed by atoms with Crippen molar-refractivity contribution in [3.05, 3.63) is 35.9 Å². The molecule has 15 heavy (non-hydrogen) atoms. The van der Waals surface area contributed by atoms with Crippen LogP contribution in [0.5, 0.6) is 0 Å². The maximum Gasteiger partial charge on any atom is 0.150 e. The van der Waals surface area contributed by atoms with Crippen molar-refractivity contribution < 1.29 is 9.53 Å². The van der Waals surface area contributed by atoms with Crippen molar-refractivity contribution in [2.45, 2.75) is 6.92 Å². The van der Waals surface area contributed by atoms with Gasteiger partial charge in [0.15, 0.2) is 0 Å². The number of nitrogens with zero attached hydrogens (tertiary/aromatic N) is 1. The van der Waals surface area contributed by atoms with Gasteiger partial charge in [0.1, 0.15) is 12.0 Å². The highest BCUT2D eigenvalue weighted by Crippen LogP contribution is 2.26. The molecule has 1 rings (SSSR count). The Labute approximate surface area is 89.1 Å². The monoisotopic (exact) mass is 203 g/mol. The molecule has 0 unspecified atom stereocenters. The molecule has 0 aliphatic heterocycles. The van der Waals surface area contributed by atoms with E-state index in [0.717, 1.165) is 6.29 Å². The van der Waals surface area contributed by atoms with Gasteiger partial charge in [-0.2, -0.15) is 0 Å². The summed E-state index contributed by atoms with van der Waals surface area (Å²) in [6, 6.07) is 5.09. The summed E-state index contributed by atoms with van der Waals surface area (Å²) in [5, 5.41) is 0. The average molecular weight is 203 g/mol. The quantitative estimate of drug-likeness (QED) is 0.419. The molecule has 0 saturated carbocycles. The lowest BCUT2D eigenvalue weighted by molar-refractivity contribution is 0.112. The van der Waals surface area contributed by atoms with Crippen LogP contribution in [0.1, 0.15) is 22.8 Å². The first-order chi connectivity index (χ1) is 7.22. The van der Waals surface area contributed by atoms with Crippen LogP contribution < -0.4 is 0 Å². The van der Waals surface area contributed by atoms with Crippen molar-refractivity contribution in [1.82, 2.24) is 0 Å². The Kier molecular flexibility index (Phi) is 3.80. The van der Waals surface area contributed by atoms with E-state index in [2.05, 4.69) is 18.3 Å². The third-order valence-corrected chi connectivity index (χ3v) is 1.95. The van der Waals surface area contributed by atoms with Gasteiger partial charge in [-0.15, -0.1) is 0 Å². The zero-order chi connectivity index (χ0) is 11.3. The molecule has 0 bridgehead atoms. The summed E-state index contributed by atoms with van der Waals surface area (Å²) >= 11 is 0. The fourth-order valence-corrected chi connectivity index (χ4v) is 1.24. The molecule has 0 N–H and O–H groups in total. The number of carbonyl (C=O) groups is 1. The van der Waals surface area contributed by atoms with Gasteiger partial charge in [0, 0.05) is 11.1 Å². The van der Waals surface area contributed by atoms with Crippen LogP contribution in [0.4, 0.5) is 5.69 Å². The predicted octanol–water partition coefficient (Wildman–Crippen LogP) is 2.84. The third kappa shape index (κ3) is 2.53. The van der Waals surface area contributed by atoms with E-state index in [0.29, 0.717) is 29.2 Å². The van der Waals surface area contributed by atoms with Crippen LogP contribution in [-0.2, 0) is 4.74 Å². The SMILES string of the molecule is C=Nc1ccc(C=O)cc1C(=C)OCC. The Bertz CT molecular complexity index is 397. The molecule has 0 fully saturated rings. The van der Waals surface area contributed by atoms with E-state index < -0.39 is 0 Å². The second-order valence-corrected chi connectivity index (χ2v) is 2.91. The molecular formula is C12H13NO2. The molecule has 0 heterocycles. The lowest BCUT2D eigenvalue weighted by Crippen LogP contribution is -1.92. The molecule has 0 aliphatic carbocycles. The zero-order valence-electron chi connectivity index (χ0n) is 8.69. The van der Waals surface area contributed by atoms with Crippen LogP contribution in [0.15, 0.2) is 29.8 Å².